The fourth-order valence-corrected chi connectivity index (χ4v) is 9.92. The van der Waals surface area contributed by atoms with Crippen LogP contribution < -0.4 is 0 Å². The van der Waals surface area contributed by atoms with E-state index in [9.17, 15) is 14.4 Å². The number of carbonyl (C=O) groups is 3. The molecular formula is C68H126O6. The monoisotopic (exact) mass is 1040 g/mol. The van der Waals surface area contributed by atoms with Crippen molar-refractivity contribution in [2.24, 2.45) is 0 Å². The van der Waals surface area contributed by atoms with E-state index in [2.05, 4.69) is 57.2 Å². The van der Waals surface area contributed by atoms with E-state index < -0.39 is 6.10 Å². The quantitative estimate of drug-likeness (QED) is 0.0261. The normalized spacial score (nSPS) is 12.2. The number of carbonyl (C=O) groups excluding carboxylic acids is 3. The van der Waals surface area contributed by atoms with Gasteiger partial charge in [0.25, 0.3) is 0 Å². The highest BCUT2D eigenvalue weighted by molar-refractivity contribution is 5.71. The Bertz CT molecular complexity index is 1240. The van der Waals surface area contributed by atoms with E-state index >= 15 is 0 Å². The lowest BCUT2D eigenvalue weighted by Crippen LogP contribution is -2.30. The lowest BCUT2D eigenvalue weighted by atomic mass is 10.0. The summed E-state index contributed by atoms with van der Waals surface area (Å²) >= 11 is 0. The van der Waals surface area contributed by atoms with Gasteiger partial charge in [-0.1, -0.05) is 320 Å². The van der Waals surface area contributed by atoms with Crippen LogP contribution in [0, 0.1) is 0 Å². The average molecular weight is 1040 g/mol. The Labute approximate surface area is 461 Å². The van der Waals surface area contributed by atoms with Crippen LogP contribution in [0.2, 0.25) is 0 Å². The maximum atomic E-state index is 12.9. The summed E-state index contributed by atoms with van der Waals surface area (Å²) < 4.78 is 16.9. The molecule has 0 N–H and O–H groups in total. The summed E-state index contributed by atoms with van der Waals surface area (Å²) in [7, 11) is 0. The Morgan fingerprint density at radius 1 is 0.270 bits per heavy atom. The van der Waals surface area contributed by atoms with Crippen molar-refractivity contribution in [2.75, 3.05) is 13.2 Å². The van der Waals surface area contributed by atoms with E-state index in [0.717, 1.165) is 70.6 Å². The molecule has 0 spiro atoms. The Balaban J connectivity index is 4.09. The summed E-state index contributed by atoms with van der Waals surface area (Å²) in [6, 6.07) is 0. The molecule has 74 heavy (non-hydrogen) atoms. The number of allylic oxidation sites excluding steroid dienone is 6. The number of hydrogen-bond acceptors (Lipinski definition) is 6. The topological polar surface area (TPSA) is 78.9 Å². The van der Waals surface area contributed by atoms with Crippen molar-refractivity contribution in [3.8, 4) is 0 Å². The molecule has 0 aliphatic rings. The van der Waals surface area contributed by atoms with E-state index in [1.807, 2.05) is 0 Å². The van der Waals surface area contributed by atoms with Gasteiger partial charge in [-0.25, -0.2) is 0 Å². The van der Waals surface area contributed by atoms with Gasteiger partial charge < -0.3 is 14.2 Å². The molecule has 0 heterocycles. The summed E-state index contributed by atoms with van der Waals surface area (Å²) in [5, 5.41) is 0. The number of ether oxygens (including phenoxy) is 3. The number of unbranched alkanes of at least 4 members (excludes halogenated alkanes) is 44. The second kappa shape index (κ2) is 63.2. The molecule has 1 atom stereocenters. The molecular weight excluding hydrogens is 913 g/mol. The van der Waals surface area contributed by atoms with Crippen LogP contribution in [0.1, 0.15) is 361 Å². The minimum atomic E-state index is -0.769. The van der Waals surface area contributed by atoms with Crippen LogP contribution in [-0.4, -0.2) is 37.2 Å². The number of esters is 3. The lowest BCUT2D eigenvalue weighted by molar-refractivity contribution is -0.167. The van der Waals surface area contributed by atoms with E-state index in [1.165, 1.54) is 250 Å². The van der Waals surface area contributed by atoms with Crippen molar-refractivity contribution in [3.05, 3.63) is 36.5 Å². The first-order chi connectivity index (χ1) is 36.5. The highest BCUT2D eigenvalue weighted by atomic mass is 16.6. The molecule has 0 aromatic heterocycles. The molecule has 6 heteroatoms. The van der Waals surface area contributed by atoms with E-state index in [-0.39, 0.29) is 31.1 Å². The van der Waals surface area contributed by atoms with Gasteiger partial charge in [0.2, 0.25) is 0 Å². The van der Waals surface area contributed by atoms with Crippen LogP contribution in [0.5, 0.6) is 0 Å². The molecule has 0 aromatic carbocycles. The van der Waals surface area contributed by atoms with Crippen molar-refractivity contribution in [1.82, 2.24) is 0 Å². The first-order valence-corrected chi connectivity index (χ1v) is 33.0. The van der Waals surface area contributed by atoms with Crippen LogP contribution in [0.4, 0.5) is 0 Å². The van der Waals surface area contributed by atoms with Gasteiger partial charge in [-0.05, 0) is 57.8 Å². The average Bonchev–Trinajstić information content (AvgIpc) is 3.40. The highest BCUT2D eigenvalue weighted by Gasteiger charge is 2.19. The van der Waals surface area contributed by atoms with Gasteiger partial charge in [0.05, 0.1) is 0 Å². The van der Waals surface area contributed by atoms with Crippen molar-refractivity contribution in [1.29, 1.82) is 0 Å². The third-order valence-corrected chi connectivity index (χ3v) is 14.9. The van der Waals surface area contributed by atoms with Gasteiger partial charge in [-0.2, -0.15) is 0 Å². The van der Waals surface area contributed by atoms with Gasteiger partial charge in [-0.15, -0.1) is 0 Å². The minimum Gasteiger partial charge on any atom is -0.462 e. The molecule has 434 valence electrons. The Morgan fingerprint density at radius 2 is 0.486 bits per heavy atom. The van der Waals surface area contributed by atoms with E-state index in [1.54, 1.807) is 0 Å². The molecule has 0 bridgehead atoms. The number of rotatable bonds is 61. The SMILES string of the molecule is CCCCCCC/C=C\C/C=C\C/C=C\CCCCCCCCCCCCC(=O)OCC(COC(=O)CCCCCCCCC)OC(=O)CCCCCCCCCCCCCCCCCCCCCCCCCC. The Hall–Kier alpha value is -2.37. The van der Waals surface area contributed by atoms with Crippen LogP contribution in [0.25, 0.3) is 0 Å². The molecule has 6 nitrogen and oxygen atoms in total. The minimum absolute atomic E-state index is 0.0690. The van der Waals surface area contributed by atoms with Gasteiger partial charge in [-0.3, -0.25) is 14.4 Å². The van der Waals surface area contributed by atoms with Crippen molar-refractivity contribution in [3.63, 3.8) is 0 Å². The molecule has 0 radical (unpaired) electrons. The maximum absolute atomic E-state index is 12.9. The zero-order valence-corrected chi connectivity index (χ0v) is 49.9. The van der Waals surface area contributed by atoms with Crippen LogP contribution >= 0.6 is 0 Å². The van der Waals surface area contributed by atoms with Crippen LogP contribution in [-0.2, 0) is 28.6 Å². The summed E-state index contributed by atoms with van der Waals surface area (Å²) in [4.78, 5) is 38.1. The fourth-order valence-electron chi connectivity index (χ4n) is 9.92. The number of hydrogen-bond donors (Lipinski definition) is 0. The molecule has 0 saturated heterocycles. The van der Waals surface area contributed by atoms with Crippen molar-refractivity contribution >= 4 is 17.9 Å². The zero-order chi connectivity index (χ0) is 53.6. The maximum Gasteiger partial charge on any atom is 0.306 e. The molecule has 0 aliphatic carbocycles. The Morgan fingerprint density at radius 3 is 0.757 bits per heavy atom. The second-order valence-corrected chi connectivity index (χ2v) is 22.4. The molecule has 1 unspecified atom stereocenters. The Kier molecular flexibility index (Phi) is 61.1. The predicted octanol–water partition coefficient (Wildman–Crippen LogP) is 22.4. The molecule has 0 rings (SSSR count). The molecule has 0 fully saturated rings. The largest absolute Gasteiger partial charge is 0.462 e. The van der Waals surface area contributed by atoms with Crippen LogP contribution in [0.3, 0.4) is 0 Å². The molecule has 0 aliphatic heterocycles. The van der Waals surface area contributed by atoms with E-state index in [4.69, 9.17) is 14.2 Å². The first kappa shape index (κ1) is 71.6. The molecule has 0 aromatic rings. The van der Waals surface area contributed by atoms with Gasteiger partial charge in [0, 0.05) is 19.3 Å². The smallest absolute Gasteiger partial charge is 0.306 e. The highest BCUT2D eigenvalue weighted by Crippen LogP contribution is 2.18. The third kappa shape index (κ3) is 60.5. The van der Waals surface area contributed by atoms with Gasteiger partial charge >= 0.3 is 17.9 Å². The predicted molar refractivity (Wildman–Crippen MR) is 321 cm³/mol. The van der Waals surface area contributed by atoms with Crippen molar-refractivity contribution in [2.45, 2.75) is 367 Å². The summed E-state index contributed by atoms with van der Waals surface area (Å²) in [5.74, 6) is -0.856. The fraction of sp³-hybridized carbons (Fsp3) is 0.868. The zero-order valence-electron chi connectivity index (χ0n) is 49.9. The lowest BCUT2D eigenvalue weighted by Gasteiger charge is -2.18. The molecule has 0 saturated carbocycles. The van der Waals surface area contributed by atoms with Crippen molar-refractivity contribution < 1.29 is 28.6 Å². The van der Waals surface area contributed by atoms with Gasteiger partial charge in [0.15, 0.2) is 6.10 Å². The standard InChI is InChI=1S/C68H126O6/c1-4-7-10-13-16-18-20-22-24-26-28-30-32-34-36-37-39-41-43-45-47-49-52-55-58-61-67(70)73-64-65(63-72-66(69)60-57-54-51-15-12-9-6-3)74-68(71)62-59-56-53-50-48-46-44-42-40-38-35-33-31-29-27-25-23-21-19-17-14-11-8-5-2/h20,22,26,28,32,34,65H,4-19,21,23-25,27,29-31,33,35-64H2,1-3H3/b22-20-,28-26-,34-32-. The summed E-state index contributed by atoms with van der Waals surface area (Å²) in [5.41, 5.74) is 0. The summed E-state index contributed by atoms with van der Waals surface area (Å²) in [6.45, 7) is 6.64. The van der Waals surface area contributed by atoms with Gasteiger partial charge in [0.1, 0.15) is 13.2 Å². The first-order valence-electron chi connectivity index (χ1n) is 33.0. The summed E-state index contributed by atoms with van der Waals surface area (Å²) in [6.07, 6.45) is 77.6. The second-order valence-electron chi connectivity index (χ2n) is 22.4. The third-order valence-electron chi connectivity index (χ3n) is 14.9. The molecule has 0 amide bonds. The van der Waals surface area contributed by atoms with E-state index in [0.29, 0.717) is 19.3 Å². The van der Waals surface area contributed by atoms with Crippen LogP contribution in [0.15, 0.2) is 36.5 Å².